The van der Waals surface area contributed by atoms with Gasteiger partial charge in [0, 0.05) is 19.7 Å². The third-order valence-corrected chi connectivity index (χ3v) is 4.52. The van der Waals surface area contributed by atoms with Gasteiger partial charge >= 0.3 is 0 Å². The van der Waals surface area contributed by atoms with Gasteiger partial charge in [0.2, 0.25) is 0 Å². The van der Waals surface area contributed by atoms with Crippen molar-refractivity contribution in [3.05, 3.63) is 35.4 Å². The second-order valence-corrected chi connectivity index (χ2v) is 6.17. The minimum absolute atomic E-state index is 0.470. The predicted octanol–water partition coefficient (Wildman–Crippen LogP) is 3.00. The summed E-state index contributed by atoms with van der Waals surface area (Å²) in [6.07, 6.45) is 2.46. The Hall–Kier alpha value is -0.900. The first-order chi connectivity index (χ1) is 10.2. The quantitative estimate of drug-likeness (QED) is 0.796. The molecule has 0 aliphatic carbocycles. The fraction of sp³-hybridized carbons (Fsp3) is 0.667. The molecule has 1 aromatic rings. The summed E-state index contributed by atoms with van der Waals surface area (Å²) < 4.78 is 5.28. The van der Waals surface area contributed by atoms with Crippen molar-refractivity contribution in [1.82, 2.24) is 10.2 Å². The molecule has 1 aliphatic heterocycles. The first-order valence-electron chi connectivity index (χ1n) is 8.24. The van der Waals surface area contributed by atoms with Crippen LogP contribution in [0.2, 0.25) is 0 Å². The van der Waals surface area contributed by atoms with Crippen LogP contribution in [0.25, 0.3) is 0 Å². The van der Waals surface area contributed by atoms with E-state index in [1.54, 1.807) is 0 Å². The molecule has 1 fully saturated rings. The molecule has 21 heavy (non-hydrogen) atoms. The lowest BCUT2D eigenvalue weighted by molar-refractivity contribution is 0.152. The Morgan fingerprint density at radius 3 is 2.90 bits per heavy atom. The Bertz CT molecular complexity index is 421. The van der Waals surface area contributed by atoms with Crippen LogP contribution in [0.5, 0.6) is 0 Å². The molecule has 3 heteroatoms. The van der Waals surface area contributed by atoms with Crippen LogP contribution in [0.4, 0.5) is 0 Å². The van der Waals surface area contributed by atoms with Crippen molar-refractivity contribution in [2.45, 2.75) is 32.7 Å². The number of hydrogen-bond acceptors (Lipinski definition) is 3. The summed E-state index contributed by atoms with van der Waals surface area (Å²) in [4.78, 5) is 2.59. The summed E-state index contributed by atoms with van der Waals surface area (Å²) in [5.74, 6) is 0.728. The minimum Gasteiger partial charge on any atom is -0.384 e. The molecular formula is C18H30N2O. The molecule has 0 saturated carbocycles. The SMILES string of the molecule is CCNC(CCN1CCC(COC)C1)c1ccccc1C. The van der Waals surface area contributed by atoms with E-state index in [0.717, 1.165) is 19.1 Å². The molecular weight excluding hydrogens is 260 g/mol. The largest absolute Gasteiger partial charge is 0.384 e. The first-order valence-corrected chi connectivity index (χ1v) is 8.24. The van der Waals surface area contributed by atoms with Crippen molar-refractivity contribution in [3.8, 4) is 0 Å². The van der Waals surface area contributed by atoms with E-state index in [2.05, 4.69) is 48.3 Å². The zero-order valence-corrected chi connectivity index (χ0v) is 13.8. The van der Waals surface area contributed by atoms with Crippen molar-refractivity contribution in [3.63, 3.8) is 0 Å². The number of benzene rings is 1. The van der Waals surface area contributed by atoms with E-state index >= 15 is 0 Å². The zero-order valence-electron chi connectivity index (χ0n) is 13.8. The Morgan fingerprint density at radius 2 is 2.19 bits per heavy atom. The maximum absolute atomic E-state index is 5.28. The molecule has 2 rings (SSSR count). The Kier molecular flexibility index (Phi) is 6.68. The third-order valence-electron chi connectivity index (χ3n) is 4.52. The molecule has 1 saturated heterocycles. The van der Waals surface area contributed by atoms with Crippen LogP contribution in [-0.4, -0.2) is 44.8 Å². The van der Waals surface area contributed by atoms with E-state index in [1.807, 2.05) is 7.11 Å². The van der Waals surface area contributed by atoms with Gasteiger partial charge in [0.1, 0.15) is 0 Å². The van der Waals surface area contributed by atoms with Crippen LogP contribution in [0.15, 0.2) is 24.3 Å². The number of methoxy groups -OCH3 is 1. The highest BCUT2D eigenvalue weighted by Gasteiger charge is 2.23. The third kappa shape index (κ3) is 4.80. The minimum atomic E-state index is 0.470. The number of nitrogens with one attached hydrogen (secondary N) is 1. The summed E-state index contributed by atoms with van der Waals surface area (Å²) in [5.41, 5.74) is 2.84. The van der Waals surface area contributed by atoms with Crippen molar-refractivity contribution in [2.75, 3.05) is 39.9 Å². The van der Waals surface area contributed by atoms with Gasteiger partial charge in [-0.2, -0.15) is 0 Å². The second kappa shape index (κ2) is 8.52. The second-order valence-electron chi connectivity index (χ2n) is 6.17. The standard InChI is InChI=1S/C18H30N2O/c1-4-19-18(17-8-6-5-7-15(17)2)10-12-20-11-9-16(13-20)14-21-3/h5-8,16,18-19H,4,9-14H2,1-3H3. The molecule has 0 radical (unpaired) electrons. The van der Waals surface area contributed by atoms with E-state index in [9.17, 15) is 0 Å². The highest BCUT2D eigenvalue weighted by Crippen LogP contribution is 2.23. The highest BCUT2D eigenvalue weighted by molar-refractivity contribution is 5.28. The molecule has 2 atom stereocenters. The Labute approximate surface area is 129 Å². The van der Waals surface area contributed by atoms with Gasteiger partial charge in [-0.3, -0.25) is 0 Å². The van der Waals surface area contributed by atoms with Gasteiger partial charge < -0.3 is 15.0 Å². The van der Waals surface area contributed by atoms with E-state index in [0.29, 0.717) is 6.04 Å². The molecule has 0 bridgehead atoms. The van der Waals surface area contributed by atoms with Gasteiger partial charge in [-0.1, -0.05) is 31.2 Å². The smallest absolute Gasteiger partial charge is 0.0503 e. The van der Waals surface area contributed by atoms with Crippen molar-refractivity contribution in [1.29, 1.82) is 0 Å². The topological polar surface area (TPSA) is 24.5 Å². The molecule has 118 valence electrons. The lowest BCUT2D eigenvalue weighted by Gasteiger charge is -2.24. The van der Waals surface area contributed by atoms with Crippen LogP contribution in [0.3, 0.4) is 0 Å². The molecule has 2 unspecified atom stereocenters. The van der Waals surface area contributed by atoms with Crippen molar-refractivity contribution >= 4 is 0 Å². The van der Waals surface area contributed by atoms with E-state index < -0.39 is 0 Å². The molecule has 1 aliphatic rings. The number of ether oxygens (including phenoxy) is 1. The average Bonchev–Trinajstić information content (AvgIpc) is 2.92. The van der Waals surface area contributed by atoms with Crippen LogP contribution >= 0.6 is 0 Å². The number of hydrogen-bond donors (Lipinski definition) is 1. The molecule has 0 spiro atoms. The maximum atomic E-state index is 5.28. The molecule has 0 amide bonds. The van der Waals surface area contributed by atoms with Gasteiger partial charge in [0.05, 0.1) is 6.61 Å². The predicted molar refractivity (Wildman–Crippen MR) is 88.6 cm³/mol. The number of nitrogens with zero attached hydrogens (tertiary/aromatic N) is 1. The molecule has 1 heterocycles. The molecule has 0 aromatic heterocycles. The molecule has 1 aromatic carbocycles. The van der Waals surface area contributed by atoms with Crippen LogP contribution in [-0.2, 0) is 4.74 Å². The summed E-state index contributed by atoms with van der Waals surface area (Å²) >= 11 is 0. The summed E-state index contributed by atoms with van der Waals surface area (Å²) in [6, 6.07) is 9.22. The van der Waals surface area contributed by atoms with E-state index in [1.165, 1.54) is 43.6 Å². The zero-order chi connectivity index (χ0) is 15.1. The first kappa shape index (κ1) is 16.5. The normalized spacial score (nSPS) is 20.8. The monoisotopic (exact) mass is 290 g/mol. The maximum Gasteiger partial charge on any atom is 0.0503 e. The van der Waals surface area contributed by atoms with Gasteiger partial charge in [-0.05, 0) is 56.4 Å². The lowest BCUT2D eigenvalue weighted by atomic mass is 9.98. The Morgan fingerprint density at radius 1 is 1.38 bits per heavy atom. The number of aryl methyl sites for hydroxylation is 1. The Balaban J connectivity index is 1.88. The van der Waals surface area contributed by atoms with Gasteiger partial charge in [-0.25, -0.2) is 0 Å². The summed E-state index contributed by atoms with van der Waals surface area (Å²) in [6.45, 7) is 9.92. The van der Waals surface area contributed by atoms with Crippen LogP contribution < -0.4 is 5.32 Å². The fourth-order valence-corrected chi connectivity index (χ4v) is 3.39. The molecule has 1 N–H and O–H groups in total. The van der Waals surface area contributed by atoms with Crippen molar-refractivity contribution in [2.24, 2.45) is 5.92 Å². The van der Waals surface area contributed by atoms with Crippen molar-refractivity contribution < 1.29 is 4.74 Å². The summed E-state index contributed by atoms with van der Waals surface area (Å²) in [7, 11) is 1.81. The van der Waals surface area contributed by atoms with Gasteiger partial charge in [0.25, 0.3) is 0 Å². The average molecular weight is 290 g/mol. The van der Waals surface area contributed by atoms with E-state index in [-0.39, 0.29) is 0 Å². The van der Waals surface area contributed by atoms with Gasteiger partial charge in [-0.15, -0.1) is 0 Å². The highest BCUT2D eigenvalue weighted by atomic mass is 16.5. The van der Waals surface area contributed by atoms with Crippen LogP contribution in [0, 0.1) is 12.8 Å². The summed E-state index contributed by atoms with van der Waals surface area (Å²) in [5, 5.41) is 3.65. The van der Waals surface area contributed by atoms with Crippen LogP contribution in [0.1, 0.15) is 36.9 Å². The number of likely N-dealkylation sites (tertiary alicyclic amines) is 1. The van der Waals surface area contributed by atoms with E-state index in [4.69, 9.17) is 4.74 Å². The number of rotatable bonds is 8. The molecule has 3 nitrogen and oxygen atoms in total. The van der Waals surface area contributed by atoms with Gasteiger partial charge in [0.15, 0.2) is 0 Å². The lowest BCUT2D eigenvalue weighted by Crippen LogP contribution is -2.29. The fourth-order valence-electron chi connectivity index (χ4n) is 3.39.